The number of aromatic nitrogens is 1. The fourth-order valence-electron chi connectivity index (χ4n) is 2.75. The van der Waals surface area contributed by atoms with Crippen molar-refractivity contribution in [1.82, 2.24) is 14.8 Å². The number of nitrogens with zero attached hydrogens (tertiary/aromatic N) is 3. The molecule has 0 saturated carbocycles. The monoisotopic (exact) mass is 390 g/mol. The molecule has 29 heavy (non-hydrogen) atoms. The van der Waals surface area contributed by atoms with Gasteiger partial charge in [0.25, 0.3) is 0 Å². The number of anilines is 1. The molecule has 0 aliphatic heterocycles. The summed E-state index contributed by atoms with van der Waals surface area (Å²) in [6.07, 6.45) is 3.51. The standard InChI is InChI=1S/C23H26N4O2/c1-26(2)14-15-27(18-19-8-7-13-24-17-19)23(28)25-20-9-6-12-22(16-20)29-21-10-4-3-5-11-21/h3-13,16-17H,14-15,18H2,1-2H3,(H,25,28). The lowest BCUT2D eigenvalue weighted by Gasteiger charge is -2.25. The van der Waals surface area contributed by atoms with Crippen LogP contribution in [0.4, 0.5) is 10.5 Å². The van der Waals surface area contributed by atoms with Gasteiger partial charge < -0.3 is 19.9 Å². The number of amides is 2. The van der Waals surface area contributed by atoms with Gasteiger partial charge in [-0.15, -0.1) is 0 Å². The summed E-state index contributed by atoms with van der Waals surface area (Å²) in [7, 11) is 3.98. The lowest BCUT2D eigenvalue weighted by molar-refractivity contribution is 0.202. The third-order valence-corrected chi connectivity index (χ3v) is 4.26. The summed E-state index contributed by atoms with van der Waals surface area (Å²) in [5, 5.41) is 2.98. The molecule has 3 rings (SSSR count). The van der Waals surface area contributed by atoms with Crippen LogP contribution in [0.5, 0.6) is 11.5 Å². The zero-order chi connectivity index (χ0) is 20.5. The maximum atomic E-state index is 12.9. The largest absolute Gasteiger partial charge is 0.457 e. The Morgan fingerprint density at radius 3 is 2.48 bits per heavy atom. The van der Waals surface area contributed by atoms with Crippen LogP contribution in [0.3, 0.4) is 0 Å². The van der Waals surface area contributed by atoms with E-state index in [-0.39, 0.29) is 6.03 Å². The molecule has 0 spiro atoms. The van der Waals surface area contributed by atoms with E-state index in [2.05, 4.69) is 15.2 Å². The van der Waals surface area contributed by atoms with Crippen LogP contribution in [-0.4, -0.2) is 48.0 Å². The molecule has 3 aromatic rings. The van der Waals surface area contributed by atoms with Crippen LogP contribution in [-0.2, 0) is 6.54 Å². The van der Waals surface area contributed by atoms with Gasteiger partial charge in [0.2, 0.25) is 0 Å². The number of hydrogen-bond acceptors (Lipinski definition) is 4. The Labute approximate surface area is 171 Å². The number of pyridine rings is 1. The Bertz CT molecular complexity index is 901. The van der Waals surface area contributed by atoms with Crippen molar-refractivity contribution in [3.63, 3.8) is 0 Å². The van der Waals surface area contributed by atoms with Crippen LogP contribution in [0.15, 0.2) is 79.1 Å². The topological polar surface area (TPSA) is 57.7 Å². The van der Waals surface area contributed by atoms with E-state index in [1.807, 2.05) is 80.8 Å². The molecular weight excluding hydrogens is 364 g/mol. The molecule has 1 aromatic heterocycles. The molecule has 0 bridgehead atoms. The third-order valence-electron chi connectivity index (χ3n) is 4.26. The molecule has 1 N–H and O–H groups in total. The molecule has 2 aromatic carbocycles. The van der Waals surface area contributed by atoms with E-state index in [1.165, 1.54) is 0 Å². The average Bonchev–Trinajstić information content (AvgIpc) is 2.72. The smallest absolute Gasteiger partial charge is 0.322 e. The second kappa shape index (κ2) is 10.2. The number of likely N-dealkylation sites (N-methyl/N-ethyl adjacent to an activating group) is 1. The van der Waals surface area contributed by atoms with Gasteiger partial charge in [-0.1, -0.05) is 30.3 Å². The summed E-state index contributed by atoms with van der Waals surface area (Å²) in [5.74, 6) is 1.42. The van der Waals surface area contributed by atoms with Crippen molar-refractivity contribution in [3.05, 3.63) is 84.7 Å². The van der Waals surface area contributed by atoms with E-state index in [9.17, 15) is 4.79 Å². The second-order valence-electron chi connectivity index (χ2n) is 6.96. The number of ether oxygens (including phenoxy) is 1. The van der Waals surface area contributed by atoms with Gasteiger partial charge in [-0.3, -0.25) is 4.98 Å². The first-order valence-corrected chi connectivity index (χ1v) is 9.53. The number of para-hydroxylation sites is 1. The van der Waals surface area contributed by atoms with Crippen LogP contribution in [0.1, 0.15) is 5.56 Å². The molecule has 0 atom stereocenters. The summed E-state index contributed by atoms with van der Waals surface area (Å²) in [4.78, 5) is 20.9. The summed E-state index contributed by atoms with van der Waals surface area (Å²) >= 11 is 0. The number of carbonyl (C=O) groups excluding carboxylic acids is 1. The zero-order valence-corrected chi connectivity index (χ0v) is 16.8. The summed E-state index contributed by atoms with van der Waals surface area (Å²) in [6.45, 7) is 1.87. The van der Waals surface area contributed by atoms with Crippen LogP contribution in [0.25, 0.3) is 0 Å². The highest BCUT2D eigenvalue weighted by Crippen LogP contribution is 2.24. The van der Waals surface area contributed by atoms with E-state index in [4.69, 9.17) is 4.74 Å². The minimum Gasteiger partial charge on any atom is -0.457 e. The highest BCUT2D eigenvalue weighted by molar-refractivity contribution is 5.89. The van der Waals surface area contributed by atoms with E-state index in [0.717, 1.165) is 17.9 Å². The Balaban J connectivity index is 1.68. The molecule has 2 amide bonds. The average molecular weight is 390 g/mol. The first-order chi connectivity index (χ1) is 14.1. The first kappa shape index (κ1) is 20.4. The highest BCUT2D eigenvalue weighted by atomic mass is 16.5. The third kappa shape index (κ3) is 6.62. The predicted molar refractivity (Wildman–Crippen MR) is 115 cm³/mol. The van der Waals surface area contributed by atoms with Crippen LogP contribution < -0.4 is 10.1 Å². The second-order valence-corrected chi connectivity index (χ2v) is 6.96. The highest BCUT2D eigenvalue weighted by Gasteiger charge is 2.15. The van der Waals surface area contributed by atoms with Gasteiger partial charge in [-0.25, -0.2) is 4.79 Å². The molecule has 0 aliphatic rings. The van der Waals surface area contributed by atoms with Crippen LogP contribution in [0.2, 0.25) is 0 Å². The normalized spacial score (nSPS) is 10.6. The van der Waals surface area contributed by atoms with Gasteiger partial charge in [0.1, 0.15) is 11.5 Å². The zero-order valence-electron chi connectivity index (χ0n) is 16.8. The number of rotatable bonds is 8. The van der Waals surface area contributed by atoms with Gasteiger partial charge in [-0.05, 0) is 50.0 Å². The first-order valence-electron chi connectivity index (χ1n) is 9.53. The molecule has 0 unspecified atom stereocenters. The minimum absolute atomic E-state index is 0.160. The van der Waals surface area contributed by atoms with Gasteiger partial charge in [-0.2, -0.15) is 0 Å². The lowest BCUT2D eigenvalue weighted by Crippen LogP contribution is -2.39. The molecule has 6 heteroatoms. The summed E-state index contributed by atoms with van der Waals surface area (Å²) in [5.41, 5.74) is 1.67. The Kier molecular flexibility index (Phi) is 7.19. The fourth-order valence-corrected chi connectivity index (χ4v) is 2.75. The Morgan fingerprint density at radius 1 is 0.966 bits per heavy atom. The van der Waals surface area contributed by atoms with Crippen molar-refractivity contribution in [2.45, 2.75) is 6.54 Å². The van der Waals surface area contributed by atoms with E-state index >= 15 is 0 Å². The molecule has 1 heterocycles. The van der Waals surface area contributed by atoms with E-state index in [0.29, 0.717) is 24.5 Å². The van der Waals surface area contributed by atoms with Crippen molar-refractivity contribution in [1.29, 1.82) is 0 Å². The Hall–Kier alpha value is -3.38. The number of urea groups is 1. The van der Waals surface area contributed by atoms with E-state index in [1.54, 1.807) is 17.3 Å². The quantitative estimate of drug-likeness (QED) is 0.617. The number of nitrogens with one attached hydrogen (secondary N) is 1. The van der Waals surface area contributed by atoms with Crippen molar-refractivity contribution >= 4 is 11.7 Å². The molecule has 0 radical (unpaired) electrons. The van der Waals surface area contributed by atoms with Crippen LogP contribution >= 0.6 is 0 Å². The van der Waals surface area contributed by atoms with Gasteiger partial charge >= 0.3 is 6.03 Å². The van der Waals surface area contributed by atoms with Crippen molar-refractivity contribution < 1.29 is 9.53 Å². The van der Waals surface area contributed by atoms with Crippen molar-refractivity contribution in [2.24, 2.45) is 0 Å². The molecule has 150 valence electrons. The fraction of sp³-hybridized carbons (Fsp3) is 0.217. The molecule has 0 fully saturated rings. The lowest BCUT2D eigenvalue weighted by atomic mass is 10.2. The molecule has 6 nitrogen and oxygen atoms in total. The molecule has 0 aliphatic carbocycles. The van der Waals surface area contributed by atoms with Crippen molar-refractivity contribution in [2.75, 3.05) is 32.5 Å². The van der Waals surface area contributed by atoms with Crippen LogP contribution in [0, 0.1) is 0 Å². The minimum atomic E-state index is -0.160. The molecular formula is C23H26N4O2. The van der Waals surface area contributed by atoms with Crippen molar-refractivity contribution in [3.8, 4) is 11.5 Å². The SMILES string of the molecule is CN(C)CCN(Cc1cccnc1)C(=O)Nc1cccc(Oc2ccccc2)c1. The Morgan fingerprint density at radius 2 is 1.76 bits per heavy atom. The summed E-state index contributed by atoms with van der Waals surface area (Å²) in [6, 6.07) is 20.6. The van der Waals surface area contributed by atoms with Gasteiger partial charge in [0, 0.05) is 43.8 Å². The van der Waals surface area contributed by atoms with E-state index < -0.39 is 0 Å². The maximum Gasteiger partial charge on any atom is 0.322 e. The van der Waals surface area contributed by atoms with Gasteiger partial charge in [0.05, 0.1) is 0 Å². The number of carbonyl (C=O) groups is 1. The summed E-state index contributed by atoms with van der Waals surface area (Å²) < 4.78 is 5.86. The number of benzene rings is 2. The molecule has 0 saturated heterocycles. The maximum absolute atomic E-state index is 12.9. The van der Waals surface area contributed by atoms with Gasteiger partial charge in [0.15, 0.2) is 0 Å². The predicted octanol–water partition coefficient (Wildman–Crippen LogP) is 4.47. The number of hydrogen-bond donors (Lipinski definition) is 1.